The first kappa shape index (κ1) is 18.9. The molecule has 1 atom stereocenters. The third-order valence-electron chi connectivity index (χ3n) is 5.12. The molecule has 5 nitrogen and oxygen atoms in total. The minimum Gasteiger partial charge on any atom is -0.342 e. The van der Waals surface area contributed by atoms with Gasteiger partial charge >= 0.3 is 6.03 Å². The van der Waals surface area contributed by atoms with Gasteiger partial charge in [-0.15, -0.1) is 0 Å². The van der Waals surface area contributed by atoms with Crippen molar-refractivity contribution >= 4 is 29.8 Å². The van der Waals surface area contributed by atoms with Crippen molar-refractivity contribution in [2.24, 2.45) is 11.8 Å². The van der Waals surface area contributed by atoms with E-state index in [0.29, 0.717) is 12.5 Å². The van der Waals surface area contributed by atoms with Crippen molar-refractivity contribution in [2.75, 3.05) is 20.1 Å². The molecule has 1 aliphatic heterocycles. The van der Waals surface area contributed by atoms with Gasteiger partial charge in [-0.25, -0.2) is 9.89 Å². The van der Waals surface area contributed by atoms with Gasteiger partial charge in [0.05, 0.1) is 13.3 Å². The monoisotopic (exact) mass is 376 g/mol. The Morgan fingerprint density at radius 2 is 2.12 bits per heavy atom. The van der Waals surface area contributed by atoms with Crippen LogP contribution in [-0.2, 0) is 11.3 Å². The molecular weight excluding hydrogens is 350 g/mol. The van der Waals surface area contributed by atoms with Gasteiger partial charge in [-0.1, -0.05) is 23.7 Å². The van der Waals surface area contributed by atoms with Gasteiger partial charge in [0.1, 0.15) is 6.54 Å². The van der Waals surface area contributed by atoms with Gasteiger partial charge < -0.3 is 4.90 Å². The summed E-state index contributed by atoms with van der Waals surface area (Å²) in [5.41, 5.74) is 2.02. The summed E-state index contributed by atoms with van der Waals surface area (Å²) in [6.45, 7) is 3.99. The number of halogens is 1. The van der Waals surface area contributed by atoms with E-state index < -0.39 is 0 Å². The molecule has 3 amide bonds. The molecule has 1 N–H and O–H groups in total. The van der Waals surface area contributed by atoms with Crippen LogP contribution in [-0.4, -0.2) is 47.8 Å². The van der Waals surface area contributed by atoms with E-state index in [1.54, 1.807) is 11.6 Å². The quantitative estimate of drug-likeness (QED) is 0.648. The summed E-state index contributed by atoms with van der Waals surface area (Å²) in [5.74, 6) is 0.797. The van der Waals surface area contributed by atoms with Crippen molar-refractivity contribution in [3.63, 3.8) is 0 Å². The Morgan fingerprint density at radius 3 is 2.81 bits per heavy atom. The van der Waals surface area contributed by atoms with Crippen molar-refractivity contribution < 1.29 is 14.2 Å². The number of nitrogens with one attached hydrogen (secondary N) is 1. The molecule has 2 fully saturated rings. The van der Waals surface area contributed by atoms with Crippen molar-refractivity contribution in [1.29, 1.82) is 0 Å². The molecule has 3 rings (SSSR count). The van der Waals surface area contributed by atoms with Crippen LogP contribution >= 0.6 is 11.6 Å². The molecule has 1 unspecified atom stereocenters. The van der Waals surface area contributed by atoms with Gasteiger partial charge in [-0.05, 0) is 49.8 Å². The predicted molar refractivity (Wildman–Crippen MR) is 103 cm³/mol. The van der Waals surface area contributed by atoms with Gasteiger partial charge in [-0.3, -0.25) is 4.79 Å². The number of nitrogens with zero attached hydrogens (tertiary/aromatic N) is 2. The fourth-order valence-electron chi connectivity index (χ4n) is 3.42. The summed E-state index contributed by atoms with van der Waals surface area (Å²) in [7, 11) is 1.77. The first-order valence-corrected chi connectivity index (χ1v) is 9.71. The highest BCUT2D eigenvalue weighted by molar-refractivity contribution is 6.31. The fraction of sp³-hybridized carbons (Fsp3) is 0.550. The Morgan fingerprint density at radius 1 is 1.35 bits per heavy atom. The van der Waals surface area contributed by atoms with Crippen LogP contribution in [0.15, 0.2) is 18.2 Å². The van der Waals surface area contributed by atoms with Crippen LogP contribution < -0.4 is 5.32 Å². The van der Waals surface area contributed by atoms with Crippen LogP contribution in [0.1, 0.15) is 36.8 Å². The highest BCUT2D eigenvalue weighted by Gasteiger charge is 2.35. The third kappa shape index (κ3) is 4.85. The molecule has 0 bridgehead atoms. The lowest BCUT2D eigenvalue weighted by Crippen LogP contribution is -2.42. The molecule has 140 valence electrons. The second kappa shape index (κ2) is 8.21. The maximum Gasteiger partial charge on any atom is 0.490 e. The SMILES string of the molecule is Cc1cc(CNC(=O)/[N+](C)=C/C2CCCN(C(=O)C3CC3)C2)ccc1Cl. The molecule has 1 aliphatic carbocycles. The van der Waals surface area contributed by atoms with Crippen LogP contribution in [0.3, 0.4) is 0 Å². The molecule has 26 heavy (non-hydrogen) atoms. The van der Waals surface area contributed by atoms with Gasteiger partial charge in [0.25, 0.3) is 0 Å². The topological polar surface area (TPSA) is 52.4 Å². The van der Waals surface area contributed by atoms with Crippen LogP contribution in [0, 0.1) is 18.8 Å². The third-order valence-corrected chi connectivity index (χ3v) is 5.54. The van der Waals surface area contributed by atoms with E-state index >= 15 is 0 Å². The number of aryl methyl sites for hydroxylation is 1. The summed E-state index contributed by atoms with van der Waals surface area (Å²) in [6, 6.07) is 5.61. The van der Waals surface area contributed by atoms with E-state index in [1.807, 2.05) is 36.2 Å². The summed E-state index contributed by atoms with van der Waals surface area (Å²) in [4.78, 5) is 26.6. The summed E-state index contributed by atoms with van der Waals surface area (Å²) in [5, 5.41) is 3.66. The number of benzene rings is 1. The van der Waals surface area contributed by atoms with Crippen LogP contribution in [0.2, 0.25) is 5.02 Å². The first-order chi connectivity index (χ1) is 12.4. The molecule has 1 saturated heterocycles. The minimum atomic E-state index is -0.136. The van der Waals surface area contributed by atoms with Gasteiger partial charge in [0.2, 0.25) is 5.91 Å². The van der Waals surface area contributed by atoms with E-state index in [-0.39, 0.29) is 17.9 Å². The van der Waals surface area contributed by atoms with E-state index in [2.05, 4.69) is 5.32 Å². The average Bonchev–Trinajstić information content (AvgIpc) is 3.47. The van der Waals surface area contributed by atoms with E-state index in [4.69, 9.17) is 11.6 Å². The van der Waals surface area contributed by atoms with Crippen molar-refractivity contribution in [3.05, 3.63) is 34.3 Å². The molecule has 0 aromatic heterocycles. The number of urea groups is 1. The van der Waals surface area contributed by atoms with Crippen LogP contribution in [0.25, 0.3) is 0 Å². The van der Waals surface area contributed by atoms with Gasteiger partial charge in [-0.2, -0.15) is 4.79 Å². The number of amides is 3. The lowest BCUT2D eigenvalue weighted by molar-refractivity contribution is -0.392. The number of carbonyl (C=O) groups is 2. The maximum absolute atomic E-state index is 12.4. The summed E-state index contributed by atoms with van der Waals surface area (Å²) >= 11 is 6.03. The Balaban J connectivity index is 1.53. The van der Waals surface area contributed by atoms with Crippen LogP contribution in [0.4, 0.5) is 4.79 Å². The number of rotatable bonds is 4. The Hall–Kier alpha value is -1.88. The molecule has 0 radical (unpaired) electrons. The molecule has 6 heteroatoms. The van der Waals surface area contributed by atoms with Crippen molar-refractivity contribution in [1.82, 2.24) is 10.2 Å². The molecule has 0 spiro atoms. The second-order valence-corrected chi connectivity index (χ2v) is 7.87. The Labute approximate surface area is 160 Å². The van der Waals surface area contributed by atoms with Crippen molar-refractivity contribution in [2.45, 2.75) is 39.2 Å². The molecule has 2 aliphatic rings. The van der Waals surface area contributed by atoms with Gasteiger partial charge in [0, 0.05) is 29.9 Å². The van der Waals surface area contributed by atoms with E-state index in [9.17, 15) is 9.59 Å². The fourth-order valence-corrected chi connectivity index (χ4v) is 3.54. The highest BCUT2D eigenvalue weighted by atomic mass is 35.5. The second-order valence-electron chi connectivity index (χ2n) is 7.46. The number of hydrogen-bond acceptors (Lipinski definition) is 2. The van der Waals surface area contributed by atoms with Gasteiger partial charge in [0.15, 0.2) is 0 Å². The highest BCUT2D eigenvalue weighted by Crippen LogP contribution is 2.32. The number of carbonyl (C=O) groups excluding carboxylic acids is 2. The number of hydrogen-bond donors (Lipinski definition) is 1. The number of piperidine rings is 1. The summed E-state index contributed by atoms with van der Waals surface area (Å²) in [6.07, 6.45) is 6.04. The first-order valence-electron chi connectivity index (χ1n) is 9.33. The van der Waals surface area contributed by atoms with E-state index in [1.165, 1.54) is 0 Å². The molecule has 1 aromatic carbocycles. The lowest BCUT2D eigenvalue weighted by Gasteiger charge is -2.30. The normalized spacial score (nSPS) is 20.8. The zero-order chi connectivity index (χ0) is 18.7. The number of likely N-dealkylation sites (tertiary alicyclic amines) is 1. The smallest absolute Gasteiger partial charge is 0.342 e. The standard InChI is InChI=1S/C20H26ClN3O2/c1-14-10-15(5-8-18(14)21)11-22-20(26)23(2)12-16-4-3-9-24(13-16)19(25)17-6-7-17/h5,8,10,12,16-17H,3-4,6-7,9,11,13H2,1-2H3/p+1/b23-12+. The molecule has 1 saturated carbocycles. The van der Waals surface area contributed by atoms with E-state index in [0.717, 1.165) is 54.9 Å². The molecule has 1 aromatic rings. The average molecular weight is 377 g/mol. The Bertz CT molecular complexity index is 728. The largest absolute Gasteiger partial charge is 0.490 e. The minimum absolute atomic E-state index is 0.136. The zero-order valence-electron chi connectivity index (χ0n) is 15.5. The van der Waals surface area contributed by atoms with Crippen LogP contribution in [0.5, 0.6) is 0 Å². The summed E-state index contributed by atoms with van der Waals surface area (Å²) < 4.78 is 1.61. The molecule has 1 heterocycles. The zero-order valence-corrected chi connectivity index (χ0v) is 16.3. The lowest BCUT2D eigenvalue weighted by atomic mass is 9.99. The molecular formula is C20H27ClN3O2+. The van der Waals surface area contributed by atoms with Crippen molar-refractivity contribution in [3.8, 4) is 0 Å². The Kier molecular flexibility index (Phi) is 5.97. The maximum atomic E-state index is 12.4. The predicted octanol–water partition coefficient (Wildman–Crippen LogP) is 3.22.